The molecule has 5 heteroatoms. The molecule has 1 amide bonds. The van der Waals surface area contributed by atoms with Crippen LogP contribution in [0.15, 0.2) is 36.5 Å². The molecule has 0 unspecified atom stereocenters. The number of benzene rings is 1. The highest BCUT2D eigenvalue weighted by molar-refractivity contribution is 6.34. The zero-order valence-electron chi connectivity index (χ0n) is 9.58. The van der Waals surface area contributed by atoms with E-state index in [1.54, 1.807) is 12.1 Å². The molecule has 0 radical (unpaired) electrons. The van der Waals surface area contributed by atoms with E-state index >= 15 is 0 Å². The van der Waals surface area contributed by atoms with Crippen LogP contribution in [0.4, 0.5) is 10.1 Å². The van der Waals surface area contributed by atoms with Crippen LogP contribution in [-0.2, 0) is 0 Å². The normalized spacial score (nSPS) is 10.2. The Hall–Kier alpha value is -1.94. The molecule has 1 aromatic carbocycles. The lowest BCUT2D eigenvalue weighted by atomic mass is 10.2. The smallest absolute Gasteiger partial charge is 0.260 e. The molecule has 0 saturated carbocycles. The number of aryl methyl sites for hydroxylation is 1. The number of amides is 1. The van der Waals surface area contributed by atoms with Gasteiger partial charge in [0, 0.05) is 6.20 Å². The van der Waals surface area contributed by atoms with Crippen LogP contribution in [0.5, 0.6) is 0 Å². The third-order valence-corrected chi connectivity index (χ3v) is 2.95. The Morgan fingerprint density at radius 2 is 2.11 bits per heavy atom. The molecule has 92 valence electrons. The second-order valence-electron chi connectivity index (χ2n) is 3.73. The molecule has 1 aromatic heterocycles. The van der Waals surface area contributed by atoms with E-state index in [0.717, 1.165) is 5.56 Å². The van der Waals surface area contributed by atoms with Crippen LogP contribution in [-0.4, -0.2) is 10.9 Å². The van der Waals surface area contributed by atoms with Crippen molar-refractivity contribution < 1.29 is 9.18 Å². The van der Waals surface area contributed by atoms with Gasteiger partial charge in [-0.15, -0.1) is 0 Å². The van der Waals surface area contributed by atoms with Gasteiger partial charge in [0.15, 0.2) is 0 Å². The standard InChI is InChI=1S/C13H10ClFN2O/c1-8-4-2-6-10(11(8)14)17-13(18)9-5-3-7-16-12(9)15/h2-7H,1H3,(H,17,18). The molecular weight excluding hydrogens is 255 g/mol. The Balaban J connectivity index is 2.27. The molecule has 0 saturated heterocycles. The van der Waals surface area contributed by atoms with Crippen LogP contribution in [0.2, 0.25) is 5.02 Å². The van der Waals surface area contributed by atoms with Gasteiger partial charge in [0.05, 0.1) is 16.3 Å². The quantitative estimate of drug-likeness (QED) is 0.845. The number of hydrogen-bond donors (Lipinski definition) is 1. The highest BCUT2D eigenvalue weighted by Gasteiger charge is 2.13. The summed E-state index contributed by atoms with van der Waals surface area (Å²) >= 11 is 6.04. The van der Waals surface area contributed by atoms with E-state index in [1.165, 1.54) is 18.3 Å². The van der Waals surface area contributed by atoms with Gasteiger partial charge in [-0.05, 0) is 30.7 Å². The predicted molar refractivity (Wildman–Crippen MR) is 68.3 cm³/mol. The van der Waals surface area contributed by atoms with Gasteiger partial charge < -0.3 is 5.32 Å². The largest absolute Gasteiger partial charge is 0.320 e. The molecule has 0 fully saturated rings. The molecule has 2 rings (SSSR count). The first-order chi connectivity index (χ1) is 8.59. The van der Waals surface area contributed by atoms with E-state index in [0.29, 0.717) is 10.7 Å². The van der Waals surface area contributed by atoms with E-state index in [4.69, 9.17) is 11.6 Å². The first-order valence-corrected chi connectivity index (χ1v) is 5.64. The Morgan fingerprint density at radius 3 is 2.83 bits per heavy atom. The first kappa shape index (κ1) is 12.5. The van der Waals surface area contributed by atoms with Crippen molar-refractivity contribution in [2.45, 2.75) is 6.92 Å². The molecule has 18 heavy (non-hydrogen) atoms. The summed E-state index contributed by atoms with van der Waals surface area (Å²) in [6, 6.07) is 8.10. The van der Waals surface area contributed by atoms with Crippen molar-refractivity contribution in [1.82, 2.24) is 4.98 Å². The zero-order valence-corrected chi connectivity index (χ0v) is 10.3. The number of nitrogens with one attached hydrogen (secondary N) is 1. The van der Waals surface area contributed by atoms with Crippen molar-refractivity contribution in [2.24, 2.45) is 0 Å². The maximum atomic E-state index is 13.3. The van der Waals surface area contributed by atoms with Crippen LogP contribution >= 0.6 is 11.6 Å². The van der Waals surface area contributed by atoms with Gasteiger partial charge >= 0.3 is 0 Å². The highest BCUT2D eigenvalue weighted by atomic mass is 35.5. The molecule has 3 nitrogen and oxygen atoms in total. The maximum absolute atomic E-state index is 13.3. The van der Waals surface area contributed by atoms with Gasteiger partial charge in [-0.3, -0.25) is 4.79 Å². The molecule has 1 N–H and O–H groups in total. The third-order valence-electron chi connectivity index (χ3n) is 2.44. The van der Waals surface area contributed by atoms with Crippen molar-refractivity contribution in [3.05, 3.63) is 58.6 Å². The van der Waals surface area contributed by atoms with Crippen molar-refractivity contribution in [3.8, 4) is 0 Å². The van der Waals surface area contributed by atoms with Crippen molar-refractivity contribution >= 4 is 23.2 Å². The second-order valence-corrected chi connectivity index (χ2v) is 4.11. The van der Waals surface area contributed by atoms with Crippen LogP contribution in [0.1, 0.15) is 15.9 Å². The van der Waals surface area contributed by atoms with Gasteiger partial charge in [-0.25, -0.2) is 4.98 Å². The summed E-state index contributed by atoms with van der Waals surface area (Å²) in [5, 5.41) is 3.00. The number of pyridine rings is 1. The highest BCUT2D eigenvalue weighted by Crippen LogP contribution is 2.25. The molecule has 0 aliphatic heterocycles. The van der Waals surface area contributed by atoms with Crippen molar-refractivity contribution in [2.75, 3.05) is 5.32 Å². The number of halogens is 2. The summed E-state index contributed by atoms with van der Waals surface area (Å²) in [6.45, 7) is 1.82. The predicted octanol–water partition coefficient (Wildman–Crippen LogP) is 3.43. The summed E-state index contributed by atoms with van der Waals surface area (Å²) in [5.74, 6) is -1.38. The maximum Gasteiger partial charge on any atom is 0.260 e. The molecule has 0 bridgehead atoms. The number of hydrogen-bond acceptors (Lipinski definition) is 2. The third kappa shape index (κ3) is 2.49. The molecule has 0 aliphatic carbocycles. The minimum atomic E-state index is -0.807. The number of aromatic nitrogens is 1. The summed E-state index contributed by atoms with van der Waals surface area (Å²) in [7, 11) is 0. The van der Waals surface area contributed by atoms with Gasteiger partial charge in [-0.2, -0.15) is 4.39 Å². The lowest BCUT2D eigenvalue weighted by molar-refractivity contribution is 0.102. The molecule has 0 atom stereocenters. The summed E-state index contributed by atoms with van der Waals surface area (Å²) in [6.07, 6.45) is 1.28. The molecular formula is C13H10ClFN2O. The fourth-order valence-electron chi connectivity index (χ4n) is 1.49. The fraction of sp³-hybridized carbons (Fsp3) is 0.0769. The summed E-state index contributed by atoms with van der Waals surface area (Å²) in [4.78, 5) is 15.3. The zero-order chi connectivity index (χ0) is 13.1. The summed E-state index contributed by atoms with van der Waals surface area (Å²) in [5.41, 5.74) is 1.17. The lowest BCUT2D eigenvalue weighted by Gasteiger charge is -2.08. The molecule has 0 aliphatic rings. The van der Waals surface area contributed by atoms with Gasteiger partial charge in [-0.1, -0.05) is 23.7 Å². The van der Waals surface area contributed by atoms with Gasteiger partial charge in [0.1, 0.15) is 0 Å². The van der Waals surface area contributed by atoms with Crippen LogP contribution < -0.4 is 5.32 Å². The fourth-order valence-corrected chi connectivity index (χ4v) is 1.66. The monoisotopic (exact) mass is 264 g/mol. The minimum Gasteiger partial charge on any atom is -0.320 e. The van der Waals surface area contributed by atoms with E-state index in [2.05, 4.69) is 10.3 Å². The number of rotatable bonds is 2. The number of carbonyl (C=O) groups excluding carboxylic acids is 1. The SMILES string of the molecule is Cc1cccc(NC(=O)c2cccnc2F)c1Cl. The van der Waals surface area contributed by atoms with E-state index in [1.807, 2.05) is 13.0 Å². The number of anilines is 1. The molecule has 1 heterocycles. The Morgan fingerprint density at radius 1 is 1.33 bits per heavy atom. The lowest BCUT2D eigenvalue weighted by Crippen LogP contribution is -2.14. The van der Waals surface area contributed by atoms with E-state index in [-0.39, 0.29) is 5.56 Å². The van der Waals surface area contributed by atoms with Crippen molar-refractivity contribution in [1.29, 1.82) is 0 Å². The number of carbonyl (C=O) groups is 1. The Labute approximate surface area is 109 Å². The van der Waals surface area contributed by atoms with Crippen LogP contribution in [0.3, 0.4) is 0 Å². The Kier molecular flexibility index (Phi) is 3.58. The second kappa shape index (κ2) is 5.14. The van der Waals surface area contributed by atoms with Gasteiger partial charge in [0.25, 0.3) is 5.91 Å². The van der Waals surface area contributed by atoms with Crippen molar-refractivity contribution in [3.63, 3.8) is 0 Å². The molecule has 2 aromatic rings. The number of nitrogens with zero attached hydrogens (tertiary/aromatic N) is 1. The van der Waals surface area contributed by atoms with Crippen LogP contribution in [0.25, 0.3) is 0 Å². The van der Waals surface area contributed by atoms with E-state index < -0.39 is 11.9 Å². The average molecular weight is 265 g/mol. The van der Waals surface area contributed by atoms with E-state index in [9.17, 15) is 9.18 Å². The summed E-state index contributed by atoms with van der Waals surface area (Å²) < 4.78 is 13.3. The van der Waals surface area contributed by atoms with Crippen LogP contribution in [0, 0.1) is 12.9 Å². The first-order valence-electron chi connectivity index (χ1n) is 5.26. The minimum absolute atomic E-state index is 0.116. The molecule has 0 spiro atoms. The van der Waals surface area contributed by atoms with Gasteiger partial charge in [0.2, 0.25) is 5.95 Å². The average Bonchev–Trinajstić information content (AvgIpc) is 2.35. The Bertz CT molecular complexity index is 601. The topological polar surface area (TPSA) is 42.0 Å².